The second-order valence-electron chi connectivity index (χ2n) is 2.69. The minimum absolute atomic E-state index is 0.0895. The molecule has 1 aromatic rings. The molecule has 0 saturated heterocycles. The molecule has 4 heteroatoms. The van der Waals surface area contributed by atoms with Crippen molar-refractivity contribution in [2.45, 2.75) is 0 Å². The Morgan fingerprint density at radius 1 is 1.20 bits per heavy atom. The number of hydrogen-bond donors (Lipinski definition) is 0. The Balaban J connectivity index is 2.74. The number of ketones is 1. The molecule has 0 unspecified atom stereocenters. The maximum absolute atomic E-state index is 11.5. The van der Waals surface area contributed by atoms with Crippen molar-refractivity contribution in [3.8, 4) is 0 Å². The summed E-state index contributed by atoms with van der Waals surface area (Å²) in [6.07, 6.45) is 4.37. The van der Waals surface area contributed by atoms with Crippen LogP contribution in [0.4, 0.5) is 0 Å². The van der Waals surface area contributed by atoms with E-state index >= 15 is 0 Å². The van der Waals surface area contributed by atoms with Gasteiger partial charge in [-0.2, -0.15) is 0 Å². The lowest BCUT2D eigenvalue weighted by Gasteiger charge is -1.94. The maximum Gasteiger partial charge on any atom is 0.185 e. The number of allylic oxidation sites excluding steroid dienone is 3. The van der Waals surface area contributed by atoms with Gasteiger partial charge in [-0.25, -0.2) is 0 Å². The molecule has 1 rings (SSSR count). The molecule has 0 saturated carbocycles. The van der Waals surface area contributed by atoms with Crippen LogP contribution in [0.25, 0.3) is 0 Å². The van der Waals surface area contributed by atoms with E-state index in [4.69, 9.17) is 23.2 Å². The first-order chi connectivity index (χ1) is 7.09. The quantitative estimate of drug-likeness (QED) is 0.456. The molecule has 78 valence electrons. The summed E-state index contributed by atoms with van der Waals surface area (Å²) in [6, 6.07) is 7.10. The zero-order chi connectivity index (χ0) is 11.3. The third kappa shape index (κ3) is 4.65. The molecular formula is C11H7BrCl2O. The highest BCUT2D eigenvalue weighted by atomic mass is 79.9. The smallest absolute Gasteiger partial charge is 0.185 e. The monoisotopic (exact) mass is 304 g/mol. The van der Waals surface area contributed by atoms with Gasteiger partial charge in [-0.05, 0) is 36.4 Å². The zero-order valence-electron chi connectivity index (χ0n) is 7.58. The van der Waals surface area contributed by atoms with Crippen LogP contribution in [0.15, 0.2) is 51.5 Å². The van der Waals surface area contributed by atoms with Crippen LogP contribution >= 0.6 is 39.1 Å². The number of rotatable bonds is 3. The third-order valence-corrected chi connectivity index (χ3v) is 2.38. The lowest BCUT2D eigenvalue weighted by atomic mass is 10.1. The van der Waals surface area contributed by atoms with E-state index in [2.05, 4.69) is 15.9 Å². The Kier molecular flexibility index (Phi) is 5.09. The summed E-state index contributed by atoms with van der Waals surface area (Å²) in [4.78, 5) is 11.5. The van der Waals surface area contributed by atoms with E-state index < -0.39 is 0 Å². The van der Waals surface area contributed by atoms with Crippen LogP contribution in [-0.2, 0) is 0 Å². The van der Waals surface area contributed by atoms with Crippen LogP contribution in [-0.4, -0.2) is 5.78 Å². The van der Waals surface area contributed by atoms with Gasteiger partial charge in [-0.1, -0.05) is 45.2 Å². The summed E-state index contributed by atoms with van der Waals surface area (Å²) in [7, 11) is 0. The SMILES string of the molecule is O=C(C=CC=C(Cl)Cl)c1ccc(Br)cc1. The fourth-order valence-corrected chi connectivity index (χ4v) is 1.33. The van der Waals surface area contributed by atoms with E-state index in [1.807, 2.05) is 12.1 Å². The molecule has 1 aromatic carbocycles. The summed E-state index contributed by atoms with van der Waals surface area (Å²) < 4.78 is 1.06. The highest BCUT2D eigenvalue weighted by Gasteiger charge is 1.99. The summed E-state index contributed by atoms with van der Waals surface area (Å²) >= 11 is 14.1. The van der Waals surface area contributed by atoms with Gasteiger partial charge in [-0.15, -0.1) is 0 Å². The Morgan fingerprint density at radius 2 is 1.80 bits per heavy atom. The second kappa shape index (κ2) is 6.11. The molecule has 0 radical (unpaired) electrons. The number of carbonyl (C=O) groups excluding carboxylic acids is 1. The summed E-state index contributed by atoms with van der Waals surface area (Å²) in [5.74, 6) is -0.0895. The first-order valence-corrected chi connectivity index (χ1v) is 5.64. The number of halogens is 3. The summed E-state index contributed by atoms with van der Waals surface area (Å²) in [5, 5.41) is 0. The lowest BCUT2D eigenvalue weighted by molar-refractivity contribution is 0.104. The molecule has 0 heterocycles. The minimum Gasteiger partial charge on any atom is -0.289 e. The first-order valence-electron chi connectivity index (χ1n) is 4.09. The van der Waals surface area contributed by atoms with E-state index in [1.165, 1.54) is 18.2 Å². The predicted octanol–water partition coefficient (Wildman–Crippen LogP) is 4.51. The zero-order valence-corrected chi connectivity index (χ0v) is 10.7. The molecule has 0 atom stereocenters. The Hall–Kier alpha value is -0.570. The van der Waals surface area contributed by atoms with Gasteiger partial charge in [0.25, 0.3) is 0 Å². The standard InChI is InChI=1S/C11H7BrCl2O/c12-9-6-4-8(5-7-9)10(15)2-1-3-11(13)14/h1-7H. The summed E-state index contributed by atoms with van der Waals surface area (Å²) in [5.41, 5.74) is 0.619. The van der Waals surface area contributed by atoms with Crippen molar-refractivity contribution in [1.82, 2.24) is 0 Å². The van der Waals surface area contributed by atoms with Gasteiger partial charge in [0.2, 0.25) is 0 Å². The normalized spacial score (nSPS) is 10.3. The van der Waals surface area contributed by atoms with Crippen LogP contribution in [0, 0.1) is 0 Å². The van der Waals surface area contributed by atoms with Crippen LogP contribution < -0.4 is 0 Å². The van der Waals surface area contributed by atoms with E-state index in [1.54, 1.807) is 12.1 Å². The van der Waals surface area contributed by atoms with E-state index in [0.717, 1.165) is 4.47 Å². The molecule has 0 aliphatic heterocycles. The third-order valence-electron chi connectivity index (χ3n) is 1.60. The van der Waals surface area contributed by atoms with Crippen molar-refractivity contribution < 1.29 is 4.79 Å². The van der Waals surface area contributed by atoms with Crippen molar-refractivity contribution in [3.63, 3.8) is 0 Å². The first kappa shape index (κ1) is 12.5. The van der Waals surface area contributed by atoms with Gasteiger partial charge < -0.3 is 0 Å². The highest BCUT2D eigenvalue weighted by molar-refractivity contribution is 9.10. The topological polar surface area (TPSA) is 17.1 Å². The summed E-state index contributed by atoms with van der Waals surface area (Å²) in [6.45, 7) is 0. The molecule has 0 aliphatic rings. The molecule has 0 spiro atoms. The van der Waals surface area contributed by atoms with Crippen molar-refractivity contribution in [3.05, 3.63) is 57.0 Å². The van der Waals surface area contributed by atoms with Crippen molar-refractivity contribution in [1.29, 1.82) is 0 Å². The van der Waals surface area contributed by atoms with Gasteiger partial charge in [0, 0.05) is 10.0 Å². The fourth-order valence-electron chi connectivity index (χ4n) is 0.919. The van der Waals surface area contributed by atoms with Crippen LogP contribution in [0.5, 0.6) is 0 Å². The van der Waals surface area contributed by atoms with Crippen molar-refractivity contribution in [2.75, 3.05) is 0 Å². The molecular weight excluding hydrogens is 299 g/mol. The molecule has 0 bridgehead atoms. The van der Waals surface area contributed by atoms with Crippen LogP contribution in [0.3, 0.4) is 0 Å². The fraction of sp³-hybridized carbons (Fsp3) is 0. The maximum atomic E-state index is 11.5. The minimum atomic E-state index is -0.0895. The molecule has 0 N–H and O–H groups in total. The van der Waals surface area contributed by atoms with Gasteiger partial charge in [-0.3, -0.25) is 4.79 Å². The van der Waals surface area contributed by atoms with Crippen molar-refractivity contribution >= 4 is 44.9 Å². The van der Waals surface area contributed by atoms with Crippen LogP contribution in [0.2, 0.25) is 0 Å². The molecule has 0 fully saturated rings. The second-order valence-corrected chi connectivity index (χ2v) is 4.61. The van der Waals surface area contributed by atoms with E-state index in [0.29, 0.717) is 5.56 Å². The molecule has 0 amide bonds. The molecule has 1 nitrogen and oxygen atoms in total. The Labute approximate surface area is 107 Å². The van der Waals surface area contributed by atoms with Gasteiger partial charge in [0.15, 0.2) is 5.78 Å². The van der Waals surface area contributed by atoms with Crippen LogP contribution in [0.1, 0.15) is 10.4 Å². The van der Waals surface area contributed by atoms with E-state index in [9.17, 15) is 4.79 Å². The number of benzene rings is 1. The Morgan fingerprint density at radius 3 is 2.33 bits per heavy atom. The van der Waals surface area contributed by atoms with Gasteiger partial charge in [0.05, 0.1) is 0 Å². The molecule has 0 aromatic heterocycles. The van der Waals surface area contributed by atoms with Crippen molar-refractivity contribution in [2.24, 2.45) is 0 Å². The predicted molar refractivity (Wildman–Crippen MR) is 67.4 cm³/mol. The van der Waals surface area contributed by atoms with E-state index in [-0.39, 0.29) is 10.3 Å². The largest absolute Gasteiger partial charge is 0.289 e. The highest BCUT2D eigenvalue weighted by Crippen LogP contribution is 2.11. The molecule has 15 heavy (non-hydrogen) atoms. The lowest BCUT2D eigenvalue weighted by Crippen LogP contribution is -1.92. The average Bonchev–Trinajstić information content (AvgIpc) is 2.18. The average molecular weight is 306 g/mol. The molecule has 0 aliphatic carbocycles. The van der Waals surface area contributed by atoms with Gasteiger partial charge in [0.1, 0.15) is 4.49 Å². The Bertz CT molecular complexity index is 403. The number of hydrogen-bond acceptors (Lipinski definition) is 1. The number of carbonyl (C=O) groups is 1. The van der Waals surface area contributed by atoms with Gasteiger partial charge >= 0.3 is 0 Å².